The SMILES string of the molecule is CC[C@H](C)[C@H](NC(=O)[C@H](Cc1ccccc1)n1c(=O)[nH]c2ccccc2c1=O)C(=O)N[C@H](C(=O)O)[C@H](C)O. The number of nitrogens with one attached hydrogen (secondary N) is 3. The van der Waals surface area contributed by atoms with Gasteiger partial charge in [0, 0.05) is 6.42 Å². The highest BCUT2D eigenvalue weighted by Gasteiger charge is 2.34. The molecule has 5 N–H and O–H groups in total. The van der Waals surface area contributed by atoms with Gasteiger partial charge in [0.25, 0.3) is 5.56 Å². The first-order valence-electron chi connectivity index (χ1n) is 12.3. The zero-order valence-corrected chi connectivity index (χ0v) is 21.4. The topological polar surface area (TPSA) is 171 Å². The van der Waals surface area contributed by atoms with Gasteiger partial charge in [-0.1, -0.05) is 62.7 Å². The van der Waals surface area contributed by atoms with E-state index in [0.29, 0.717) is 17.5 Å². The molecule has 0 aliphatic rings. The van der Waals surface area contributed by atoms with E-state index < -0.39 is 59.2 Å². The van der Waals surface area contributed by atoms with Crippen LogP contribution in [0, 0.1) is 5.92 Å². The fourth-order valence-electron chi connectivity index (χ4n) is 4.18. The number of carboxylic acid groups (broad SMARTS) is 1. The van der Waals surface area contributed by atoms with Crippen molar-refractivity contribution in [3.05, 3.63) is 81.0 Å². The number of fused-ring (bicyclic) bond motifs is 1. The molecule has 0 radical (unpaired) electrons. The summed E-state index contributed by atoms with van der Waals surface area (Å²) in [4.78, 5) is 67.4. The van der Waals surface area contributed by atoms with Crippen molar-refractivity contribution in [3.8, 4) is 0 Å². The smallest absolute Gasteiger partial charge is 0.329 e. The van der Waals surface area contributed by atoms with E-state index in [9.17, 15) is 34.2 Å². The van der Waals surface area contributed by atoms with Crippen LogP contribution in [-0.2, 0) is 20.8 Å². The van der Waals surface area contributed by atoms with Crippen molar-refractivity contribution in [2.45, 2.75) is 57.8 Å². The molecule has 11 heteroatoms. The number of nitrogens with zero attached hydrogens (tertiary/aromatic N) is 1. The van der Waals surface area contributed by atoms with Crippen LogP contribution in [0.3, 0.4) is 0 Å². The Bertz CT molecular complexity index is 1410. The van der Waals surface area contributed by atoms with E-state index in [4.69, 9.17) is 0 Å². The number of aliphatic carboxylic acids is 1. The highest BCUT2D eigenvalue weighted by Crippen LogP contribution is 2.16. The first-order valence-corrected chi connectivity index (χ1v) is 12.3. The molecule has 1 aromatic heterocycles. The first-order chi connectivity index (χ1) is 18.0. The van der Waals surface area contributed by atoms with Gasteiger partial charge in [-0.3, -0.25) is 14.4 Å². The van der Waals surface area contributed by atoms with Crippen LogP contribution in [0.4, 0.5) is 0 Å². The Balaban J connectivity index is 2.04. The number of aromatic nitrogens is 2. The highest BCUT2D eigenvalue weighted by atomic mass is 16.4. The first kappa shape index (κ1) is 28.3. The molecule has 0 aliphatic carbocycles. The van der Waals surface area contributed by atoms with Crippen molar-refractivity contribution in [3.63, 3.8) is 0 Å². The second-order valence-electron chi connectivity index (χ2n) is 9.29. The summed E-state index contributed by atoms with van der Waals surface area (Å²) in [5.74, 6) is -3.44. The molecule has 5 atom stereocenters. The van der Waals surface area contributed by atoms with Crippen LogP contribution in [0.1, 0.15) is 38.8 Å². The Labute approximate surface area is 218 Å². The second-order valence-corrected chi connectivity index (χ2v) is 9.29. The molecule has 0 spiro atoms. The Morgan fingerprint density at radius 1 is 0.921 bits per heavy atom. The largest absolute Gasteiger partial charge is 0.480 e. The van der Waals surface area contributed by atoms with Crippen molar-refractivity contribution in [2.24, 2.45) is 5.92 Å². The Kier molecular flexibility index (Phi) is 9.19. The average Bonchev–Trinajstić information content (AvgIpc) is 2.89. The molecular formula is C27H32N4O7. The number of rotatable bonds is 11. The highest BCUT2D eigenvalue weighted by molar-refractivity contribution is 5.92. The summed E-state index contributed by atoms with van der Waals surface area (Å²) in [5, 5.41) is 24.3. The van der Waals surface area contributed by atoms with E-state index in [2.05, 4.69) is 15.6 Å². The fourth-order valence-corrected chi connectivity index (χ4v) is 4.18. The van der Waals surface area contributed by atoms with Gasteiger partial charge in [0.1, 0.15) is 12.1 Å². The third-order valence-electron chi connectivity index (χ3n) is 6.56. The monoisotopic (exact) mass is 524 g/mol. The molecule has 0 bridgehead atoms. The lowest BCUT2D eigenvalue weighted by molar-refractivity contribution is -0.145. The van der Waals surface area contributed by atoms with E-state index in [0.717, 1.165) is 4.57 Å². The summed E-state index contributed by atoms with van der Waals surface area (Å²) in [6.07, 6.45) is -0.955. The molecule has 0 saturated carbocycles. The molecule has 2 amide bonds. The summed E-state index contributed by atoms with van der Waals surface area (Å²) >= 11 is 0. The number of carboxylic acids is 1. The average molecular weight is 525 g/mol. The van der Waals surface area contributed by atoms with E-state index in [1.807, 2.05) is 0 Å². The van der Waals surface area contributed by atoms with Gasteiger partial charge in [-0.15, -0.1) is 0 Å². The maximum absolute atomic E-state index is 13.7. The molecule has 2 aromatic carbocycles. The van der Waals surface area contributed by atoms with Crippen molar-refractivity contribution in [1.82, 2.24) is 20.2 Å². The van der Waals surface area contributed by atoms with Gasteiger partial charge in [-0.25, -0.2) is 14.2 Å². The summed E-state index contributed by atoms with van der Waals surface area (Å²) in [6.45, 7) is 4.72. The molecule has 1 heterocycles. The Hall–Kier alpha value is -4.25. The number of hydrogen-bond donors (Lipinski definition) is 5. The molecule has 3 rings (SSSR count). The molecule has 0 saturated heterocycles. The summed E-state index contributed by atoms with van der Waals surface area (Å²) in [7, 11) is 0. The van der Waals surface area contributed by atoms with E-state index in [1.165, 1.54) is 6.92 Å². The molecule has 0 unspecified atom stereocenters. The number of H-pyrrole nitrogens is 1. The zero-order chi connectivity index (χ0) is 28.0. The van der Waals surface area contributed by atoms with Crippen LogP contribution in [-0.4, -0.2) is 55.7 Å². The van der Waals surface area contributed by atoms with Crippen LogP contribution < -0.4 is 21.9 Å². The number of carbonyl (C=O) groups excluding carboxylic acids is 2. The third-order valence-corrected chi connectivity index (χ3v) is 6.56. The van der Waals surface area contributed by atoms with Crippen LogP contribution >= 0.6 is 0 Å². The second kappa shape index (κ2) is 12.3. The van der Waals surface area contributed by atoms with E-state index >= 15 is 0 Å². The number of benzene rings is 2. The predicted molar refractivity (Wildman–Crippen MR) is 141 cm³/mol. The van der Waals surface area contributed by atoms with E-state index in [-0.39, 0.29) is 11.8 Å². The standard InChI is InChI=1S/C27H32N4O7/c1-4-15(2)21(24(34)30-22(16(3)32)26(36)37)29-23(33)20(14-17-10-6-5-7-11-17)31-25(35)18-12-8-9-13-19(18)28-27(31)38/h5-13,15-16,20-22,32H,4,14H2,1-3H3,(H,28,38)(H,29,33)(H,30,34)(H,36,37)/t15-,16-,20-,21-,22-/m0/s1. The van der Waals surface area contributed by atoms with Gasteiger partial charge in [0.05, 0.1) is 17.0 Å². The van der Waals surface area contributed by atoms with Crippen molar-refractivity contribution < 1.29 is 24.6 Å². The maximum atomic E-state index is 13.7. The molecular weight excluding hydrogens is 492 g/mol. The van der Waals surface area contributed by atoms with Crippen molar-refractivity contribution in [1.29, 1.82) is 0 Å². The molecule has 0 fully saturated rings. The number of carbonyl (C=O) groups is 3. The summed E-state index contributed by atoms with van der Waals surface area (Å²) in [5.41, 5.74) is -0.441. The van der Waals surface area contributed by atoms with Gasteiger partial charge in [-0.2, -0.15) is 0 Å². The van der Waals surface area contributed by atoms with E-state index in [1.54, 1.807) is 68.4 Å². The van der Waals surface area contributed by atoms with Crippen molar-refractivity contribution in [2.75, 3.05) is 0 Å². The lowest BCUT2D eigenvalue weighted by Gasteiger charge is -2.28. The van der Waals surface area contributed by atoms with Gasteiger partial charge < -0.3 is 25.8 Å². The zero-order valence-electron chi connectivity index (χ0n) is 21.4. The lowest BCUT2D eigenvalue weighted by atomic mass is 9.96. The van der Waals surface area contributed by atoms with Crippen LogP contribution in [0.5, 0.6) is 0 Å². The Morgan fingerprint density at radius 3 is 2.13 bits per heavy atom. The predicted octanol–water partition coefficient (Wildman–Crippen LogP) is 0.955. The number of hydrogen-bond acceptors (Lipinski definition) is 6. The van der Waals surface area contributed by atoms with Crippen molar-refractivity contribution >= 4 is 28.7 Å². The number of aliphatic hydroxyl groups is 1. The number of amides is 2. The molecule has 38 heavy (non-hydrogen) atoms. The third kappa shape index (κ3) is 6.35. The van der Waals surface area contributed by atoms with Gasteiger partial charge in [0.15, 0.2) is 6.04 Å². The minimum atomic E-state index is -1.59. The number of aliphatic hydroxyl groups excluding tert-OH is 1. The van der Waals surface area contributed by atoms with Crippen LogP contribution in [0.15, 0.2) is 64.2 Å². The fraction of sp³-hybridized carbons (Fsp3) is 0.370. The number of aromatic amines is 1. The summed E-state index contributed by atoms with van der Waals surface area (Å²) < 4.78 is 0.839. The minimum Gasteiger partial charge on any atom is -0.480 e. The van der Waals surface area contributed by atoms with Gasteiger partial charge >= 0.3 is 11.7 Å². The summed E-state index contributed by atoms with van der Waals surface area (Å²) in [6, 6.07) is 11.1. The van der Waals surface area contributed by atoms with Crippen LogP contribution in [0.25, 0.3) is 10.9 Å². The molecule has 11 nitrogen and oxygen atoms in total. The normalized spacial score (nSPS) is 15.2. The minimum absolute atomic E-state index is 0.0196. The molecule has 0 aliphatic heterocycles. The van der Waals surface area contributed by atoms with Gasteiger partial charge in [-0.05, 0) is 30.5 Å². The lowest BCUT2D eigenvalue weighted by Crippen LogP contribution is -2.58. The Morgan fingerprint density at radius 2 is 1.53 bits per heavy atom. The molecule has 3 aromatic rings. The quantitative estimate of drug-likeness (QED) is 0.249. The maximum Gasteiger partial charge on any atom is 0.329 e. The number of para-hydroxylation sites is 1. The molecule has 202 valence electrons. The van der Waals surface area contributed by atoms with Crippen LogP contribution in [0.2, 0.25) is 0 Å². The van der Waals surface area contributed by atoms with Gasteiger partial charge in [0.2, 0.25) is 11.8 Å².